The number of phenolic OH excluding ortho intramolecular Hbond substituents is 1. The van der Waals surface area contributed by atoms with Gasteiger partial charge in [0.2, 0.25) is 23.6 Å². The second kappa shape index (κ2) is 15.9. The fraction of sp³-hybridized carbons (Fsp3) is 0.500. The van der Waals surface area contributed by atoms with Gasteiger partial charge in [0.15, 0.2) is 0 Å². The van der Waals surface area contributed by atoms with Crippen molar-refractivity contribution < 1.29 is 34.2 Å². The summed E-state index contributed by atoms with van der Waals surface area (Å²) in [5.74, 6) is -3.63. The summed E-state index contributed by atoms with van der Waals surface area (Å²) in [6.07, 6.45) is 1.72. The van der Waals surface area contributed by atoms with Crippen LogP contribution in [0.15, 0.2) is 24.3 Å². The third-order valence-corrected chi connectivity index (χ3v) is 6.10. The number of thiol groups is 1. The number of carboxylic acid groups (broad SMARTS) is 1. The fourth-order valence-corrected chi connectivity index (χ4v) is 3.76. The molecule has 9 N–H and O–H groups in total. The molecule has 4 amide bonds. The lowest BCUT2D eigenvalue weighted by atomic mass is 10.0. The molecule has 12 nitrogen and oxygen atoms in total. The quantitative estimate of drug-likeness (QED) is 0.117. The largest absolute Gasteiger partial charge is 0.508 e. The highest BCUT2D eigenvalue weighted by Gasteiger charge is 2.30. The van der Waals surface area contributed by atoms with Gasteiger partial charge in [-0.25, -0.2) is 4.79 Å². The molecule has 0 aromatic heterocycles. The molecular formula is C22H33N5O7S2. The Morgan fingerprint density at radius 1 is 0.944 bits per heavy atom. The van der Waals surface area contributed by atoms with Crippen LogP contribution in [0.4, 0.5) is 0 Å². The van der Waals surface area contributed by atoms with Crippen molar-refractivity contribution in [3.05, 3.63) is 29.8 Å². The predicted molar refractivity (Wildman–Crippen MR) is 138 cm³/mol. The van der Waals surface area contributed by atoms with Gasteiger partial charge in [-0.3, -0.25) is 19.2 Å². The van der Waals surface area contributed by atoms with Gasteiger partial charge in [-0.1, -0.05) is 12.1 Å². The van der Waals surface area contributed by atoms with Crippen LogP contribution >= 0.6 is 24.4 Å². The zero-order valence-corrected chi connectivity index (χ0v) is 21.5. The minimum absolute atomic E-state index is 0.00292. The second-order valence-electron chi connectivity index (χ2n) is 7.97. The molecule has 1 aromatic rings. The van der Waals surface area contributed by atoms with E-state index in [2.05, 4.69) is 28.6 Å². The van der Waals surface area contributed by atoms with Crippen molar-refractivity contribution in [2.45, 2.75) is 49.9 Å². The molecule has 0 aliphatic rings. The van der Waals surface area contributed by atoms with Crippen molar-refractivity contribution in [1.29, 1.82) is 0 Å². The van der Waals surface area contributed by atoms with Crippen LogP contribution in [0.1, 0.15) is 24.8 Å². The molecule has 0 aliphatic carbocycles. The topological polar surface area (TPSA) is 214 Å². The third kappa shape index (κ3) is 11.2. The Balaban J connectivity index is 3.03. The van der Waals surface area contributed by atoms with Gasteiger partial charge in [-0.2, -0.15) is 24.4 Å². The number of thioether (sulfide) groups is 1. The highest BCUT2D eigenvalue weighted by atomic mass is 32.2. The van der Waals surface area contributed by atoms with E-state index < -0.39 is 53.8 Å². The van der Waals surface area contributed by atoms with Crippen molar-refractivity contribution in [2.75, 3.05) is 17.8 Å². The first kappa shape index (κ1) is 31.1. The average molecular weight is 544 g/mol. The van der Waals surface area contributed by atoms with E-state index in [0.717, 1.165) is 0 Å². The van der Waals surface area contributed by atoms with Crippen LogP contribution in [0.25, 0.3) is 0 Å². The van der Waals surface area contributed by atoms with E-state index in [-0.39, 0.29) is 30.8 Å². The molecule has 0 heterocycles. The first-order chi connectivity index (χ1) is 17.0. The summed E-state index contributed by atoms with van der Waals surface area (Å²) in [4.78, 5) is 60.9. The van der Waals surface area contributed by atoms with Crippen molar-refractivity contribution in [3.63, 3.8) is 0 Å². The summed E-state index contributed by atoms with van der Waals surface area (Å²) in [5.41, 5.74) is 11.5. The van der Waals surface area contributed by atoms with E-state index in [0.29, 0.717) is 17.7 Å². The summed E-state index contributed by atoms with van der Waals surface area (Å²) in [6.45, 7) is 0. The predicted octanol–water partition coefficient (Wildman–Crippen LogP) is -1.25. The SMILES string of the molecule is CSCCC(N)C(=O)NC(CS)C(=O)NC(Cc1ccc(O)cc1)C(=O)NC(CCC(N)=O)C(=O)O. The Labute approximate surface area is 218 Å². The number of carboxylic acids is 1. The maximum absolute atomic E-state index is 13.0. The number of aliphatic carboxylic acids is 1. The molecule has 1 aromatic carbocycles. The summed E-state index contributed by atoms with van der Waals surface area (Å²) in [6, 6.07) is 1.25. The van der Waals surface area contributed by atoms with Crippen molar-refractivity contribution in [1.82, 2.24) is 16.0 Å². The maximum atomic E-state index is 13.0. The number of amides is 4. The fourth-order valence-electron chi connectivity index (χ4n) is 3.01. The number of nitrogens with one attached hydrogen (secondary N) is 3. The monoisotopic (exact) mass is 543 g/mol. The molecule has 4 atom stereocenters. The van der Waals surface area contributed by atoms with Crippen LogP contribution in [0.2, 0.25) is 0 Å². The second-order valence-corrected chi connectivity index (χ2v) is 9.32. The molecule has 0 aliphatic heterocycles. The number of rotatable bonds is 16. The molecule has 0 spiro atoms. The Kier molecular flexibility index (Phi) is 13.7. The summed E-state index contributed by atoms with van der Waals surface area (Å²) >= 11 is 5.63. The van der Waals surface area contributed by atoms with Gasteiger partial charge >= 0.3 is 5.97 Å². The standard InChI is InChI=1S/C22H33N5O7S2/c1-36-9-8-14(23)19(30)27-17(11-35)21(32)26-16(10-12-2-4-13(28)5-3-12)20(31)25-15(22(33)34)6-7-18(24)29/h2-5,14-17,28,35H,6-11,23H2,1H3,(H2,24,29)(H,25,31)(H,26,32)(H,27,30)(H,33,34). The third-order valence-electron chi connectivity index (χ3n) is 5.09. The number of carbonyl (C=O) groups is 5. The van der Waals surface area contributed by atoms with E-state index in [9.17, 15) is 34.2 Å². The van der Waals surface area contributed by atoms with E-state index in [1.54, 1.807) is 0 Å². The molecular weight excluding hydrogens is 510 g/mol. The van der Waals surface area contributed by atoms with E-state index in [4.69, 9.17) is 11.5 Å². The molecule has 200 valence electrons. The van der Waals surface area contributed by atoms with Crippen LogP contribution in [0.5, 0.6) is 5.75 Å². The maximum Gasteiger partial charge on any atom is 0.326 e. The van der Waals surface area contributed by atoms with Gasteiger partial charge in [0.05, 0.1) is 6.04 Å². The van der Waals surface area contributed by atoms with Gasteiger partial charge in [0.25, 0.3) is 0 Å². The number of phenols is 1. The zero-order chi connectivity index (χ0) is 27.3. The van der Waals surface area contributed by atoms with E-state index in [1.165, 1.54) is 36.0 Å². The van der Waals surface area contributed by atoms with Crippen LogP contribution in [-0.4, -0.2) is 81.7 Å². The molecule has 0 saturated carbocycles. The minimum Gasteiger partial charge on any atom is -0.508 e. The summed E-state index contributed by atoms with van der Waals surface area (Å²) in [7, 11) is 0. The zero-order valence-electron chi connectivity index (χ0n) is 19.8. The van der Waals surface area contributed by atoms with Gasteiger partial charge < -0.3 is 37.6 Å². The Morgan fingerprint density at radius 2 is 1.50 bits per heavy atom. The van der Waals surface area contributed by atoms with E-state index in [1.807, 2.05) is 6.26 Å². The van der Waals surface area contributed by atoms with E-state index >= 15 is 0 Å². The van der Waals surface area contributed by atoms with Crippen LogP contribution in [0, 0.1) is 0 Å². The number of hydrogen-bond donors (Lipinski definition) is 8. The Hall–Kier alpha value is -2.97. The smallest absolute Gasteiger partial charge is 0.326 e. The summed E-state index contributed by atoms with van der Waals surface area (Å²) in [5, 5.41) is 26.2. The normalized spacial score (nSPS) is 14.1. The van der Waals surface area contributed by atoms with Gasteiger partial charge in [0.1, 0.15) is 23.9 Å². The first-order valence-electron chi connectivity index (χ1n) is 11.0. The molecule has 0 radical (unpaired) electrons. The first-order valence-corrected chi connectivity index (χ1v) is 13.1. The van der Waals surface area contributed by atoms with Crippen LogP contribution in [-0.2, 0) is 30.4 Å². The highest BCUT2D eigenvalue weighted by molar-refractivity contribution is 7.98. The molecule has 0 fully saturated rings. The van der Waals surface area contributed by atoms with Gasteiger partial charge in [0, 0.05) is 18.6 Å². The molecule has 4 unspecified atom stereocenters. The number of hydrogen-bond acceptors (Lipinski definition) is 9. The van der Waals surface area contributed by atoms with Crippen molar-refractivity contribution in [2.24, 2.45) is 11.5 Å². The van der Waals surface area contributed by atoms with Crippen LogP contribution < -0.4 is 27.4 Å². The average Bonchev–Trinajstić information content (AvgIpc) is 2.83. The van der Waals surface area contributed by atoms with Gasteiger partial charge in [-0.15, -0.1) is 0 Å². The van der Waals surface area contributed by atoms with Crippen LogP contribution in [0.3, 0.4) is 0 Å². The lowest BCUT2D eigenvalue weighted by molar-refractivity contribution is -0.142. The summed E-state index contributed by atoms with van der Waals surface area (Å²) < 4.78 is 0. The lowest BCUT2D eigenvalue weighted by Crippen LogP contribution is -2.58. The molecule has 0 bridgehead atoms. The Bertz CT molecular complexity index is 917. The number of carbonyl (C=O) groups excluding carboxylic acids is 4. The molecule has 0 saturated heterocycles. The molecule has 1 rings (SSSR count). The number of nitrogens with two attached hydrogens (primary N) is 2. The minimum atomic E-state index is -1.42. The number of primary amides is 1. The van der Waals surface area contributed by atoms with Crippen molar-refractivity contribution in [3.8, 4) is 5.75 Å². The number of aromatic hydroxyl groups is 1. The van der Waals surface area contributed by atoms with Gasteiger partial charge in [-0.05, 0) is 42.5 Å². The molecule has 36 heavy (non-hydrogen) atoms. The lowest BCUT2D eigenvalue weighted by Gasteiger charge is -2.24. The Morgan fingerprint density at radius 3 is 2.03 bits per heavy atom. The highest BCUT2D eigenvalue weighted by Crippen LogP contribution is 2.12. The van der Waals surface area contributed by atoms with Crippen molar-refractivity contribution >= 4 is 54.0 Å². The molecule has 14 heteroatoms. The number of benzene rings is 1.